The fourth-order valence-corrected chi connectivity index (χ4v) is 1.71. The molecule has 0 saturated carbocycles. The van der Waals surface area contributed by atoms with Crippen LogP contribution in [-0.2, 0) is 9.47 Å². The Hall–Kier alpha value is -0.710. The summed E-state index contributed by atoms with van der Waals surface area (Å²) >= 11 is 3.33. The molecule has 0 aromatic heterocycles. The number of ketones is 1. The minimum Gasteiger partial charge on any atom is -0.352 e. The van der Waals surface area contributed by atoms with Crippen LogP contribution in [-0.4, -0.2) is 25.3 Å². The van der Waals surface area contributed by atoms with Gasteiger partial charge in [-0.15, -0.1) is 0 Å². The van der Waals surface area contributed by atoms with E-state index in [9.17, 15) is 4.79 Å². The Morgan fingerprint density at radius 2 is 1.71 bits per heavy atom. The molecule has 0 fully saturated rings. The predicted octanol–water partition coefficient (Wildman–Crippen LogP) is 3.42. The molecule has 3 nitrogen and oxygen atoms in total. The Labute approximate surface area is 110 Å². The standard InChI is InChI=1S/C13H17BrO3/c1-3-16-13(17-4-2)9-12(15)10-5-7-11(14)8-6-10/h5-8,13H,3-4,9H2,1-2H3. The minimum atomic E-state index is -0.443. The molecule has 0 aliphatic rings. The number of ether oxygens (including phenoxy) is 2. The maximum atomic E-state index is 11.9. The zero-order chi connectivity index (χ0) is 12.7. The highest BCUT2D eigenvalue weighted by Gasteiger charge is 2.15. The Morgan fingerprint density at radius 1 is 1.18 bits per heavy atom. The summed E-state index contributed by atoms with van der Waals surface area (Å²) in [7, 11) is 0. The summed E-state index contributed by atoms with van der Waals surface area (Å²) in [5, 5.41) is 0. The monoisotopic (exact) mass is 300 g/mol. The Balaban J connectivity index is 2.60. The number of carbonyl (C=O) groups excluding carboxylic acids is 1. The largest absolute Gasteiger partial charge is 0.352 e. The van der Waals surface area contributed by atoms with Gasteiger partial charge in [-0.1, -0.05) is 28.1 Å². The lowest BCUT2D eigenvalue weighted by Crippen LogP contribution is -2.21. The highest BCUT2D eigenvalue weighted by atomic mass is 79.9. The van der Waals surface area contributed by atoms with Gasteiger partial charge in [0, 0.05) is 23.2 Å². The Kier molecular flexibility index (Phi) is 6.40. The second-order valence-electron chi connectivity index (χ2n) is 3.47. The molecule has 0 amide bonds. The molecule has 0 aliphatic heterocycles. The van der Waals surface area contributed by atoms with E-state index < -0.39 is 6.29 Å². The molecule has 0 aliphatic carbocycles. The first-order valence-electron chi connectivity index (χ1n) is 5.69. The lowest BCUT2D eigenvalue weighted by molar-refractivity contribution is -0.133. The maximum absolute atomic E-state index is 11.9. The van der Waals surface area contributed by atoms with Crippen LogP contribution in [0.1, 0.15) is 30.6 Å². The lowest BCUT2D eigenvalue weighted by Gasteiger charge is -2.15. The van der Waals surface area contributed by atoms with Crippen LogP contribution in [0, 0.1) is 0 Å². The predicted molar refractivity (Wildman–Crippen MR) is 70.1 cm³/mol. The van der Waals surface area contributed by atoms with Gasteiger partial charge in [-0.05, 0) is 26.0 Å². The molecule has 0 atom stereocenters. The number of Topliss-reactive ketones (excluding diaryl/α,β-unsaturated/α-hetero) is 1. The lowest BCUT2D eigenvalue weighted by atomic mass is 10.1. The van der Waals surface area contributed by atoms with E-state index in [1.54, 1.807) is 12.1 Å². The van der Waals surface area contributed by atoms with Crippen molar-refractivity contribution < 1.29 is 14.3 Å². The molecule has 1 aromatic rings. The highest BCUT2D eigenvalue weighted by molar-refractivity contribution is 9.10. The molecule has 0 spiro atoms. The van der Waals surface area contributed by atoms with E-state index in [0.717, 1.165) is 4.47 Å². The van der Waals surface area contributed by atoms with Gasteiger partial charge in [-0.3, -0.25) is 4.79 Å². The molecule has 1 rings (SSSR count). The number of rotatable bonds is 7. The van der Waals surface area contributed by atoms with Crippen molar-refractivity contribution >= 4 is 21.7 Å². The van der Waals surface area contributed by atoms with Crippen molar-refractivity contribution in [1.82, 2.24) is 0 Å². The molecular weight excluding hydrogens is 284 g/mol. The summed E-state index contributed by atoms with van der Waals surface area (Å²) in [6.07, 6.45) is -0.190. The number of hydrogen-bond donors (Lipinski definition) is 0. The molecule has 0 unspecified atom stereocenters. The van der Waals surface area contributed by atoms with Gasteiger partial charge in [0.25, 0.3) is 0 Å². The van der Waals surface area contributed by atoms with Crippen LogP contribution in [0.5, 0.6) is 0 Å². The first-order valence-corrected chi connectivity index (χ1v) is 6.48. The number of carbonyl (C=O) groups is 1. The van der Waals surface area contributed by atoms with Crippen LogP contribution in [0.15, 0.2) is 28.7 Å². The summed E-state index contributed by atoms with van der Waals surface area (Å²) in [6.45, 7) is 4.85. The molecule has 0 N–H and O–H groups in total. The van der Waals surface area contributed by atoms with E-state index in [2.05, 4.69) is 15.9 Å². The normalized spacial score (nSPS) is 10.8. The van der Waals surface area contributed by atoms with Crippen molar-refractivity contribution in [2.75, 3.05) is 13.2 Å². The van der Waals surface area contributed by atoms with E-state index in [-0.39, 0.29) is 12.2 Å². The minimum absolute atomic E-state index is 0.0319. The third-order valence-corrected chi connectivity index (χ3v) is 2.75. The number of hydrogen-bond acceptors (Lipinski definition) is 3. The van der Waals surface area contributed by atoms with Gasteiger partial charge in [0.2, 0.25) is 0 Å². The van der Waals surface area contributed by atoms with E-state index in [1.807, 2.05) is 26.0 Å². The zero-order valence-electron chi connectivity index (χ0n) is 10.1. The first kappa shape index (κ1) is 14.4. The fraction of sp³-hybridized carbons (Fsp3) is 0.462. The van der Waals surface area contributed by atoms with Crippen LogP contribution < -0.4 is 0 Å². The van der Waals surface area contributed by atoms with Crippen molar-refractivity contribution in [3.63, 3.8) is 0 Å². The average molecular weight is 301 g/mol. The van der Waals surface area contributed by atoms with Crippen LogP contribution in [0.4, 0.5) is 0 Å². The van der Waals surface area contributed by atoms with Crippen molar-refractivity contribution in [2.24, 2.45) is 0 Å². The third kappa shape index (κ3) is 4.98. The third-order valence-electron chi connectivity index (χ3n) is 2.22. The van der Waals surface area contributed by atoms with Gasteiger partial charge < -0.3 is 9.47 Å². The van der Waals surface area contributed by atoms with Gasteiger partial charge >= 0.3 is 0 Å². The highest BCUT2D eigenvalue weighted by Crippen LogP contribution is 2.13. The smallest absolute Gasteiger partial charge is 0.167 e. The van der Waals surface area contributed by atoms with Gasteiger partial charge in [-0.2, -0.15) is 0 Å². The second-order valence-corrected chi connectivity index (χ2v) is 4.39. The summed E-state index contributed by atoms with van der Waals surface area (Å²) in [5.74, 6) is 0.0319. The van der Waals surface area contributed by atoms with Gasteiger partial charge in [-0.25, -0.2) is 0 Å². The molecule has 1 aromatic carbocycles. The fourth-order valence-electron chi connectivity index (χ4n) is 1.44. The Bertz CT molecular complexity index is 342. The molecule has 0 bridgehead atoms. The summed E-state index contributed by atoms with van der Waals surface area (Å²) in [6, 6.07) is 7.29. The van der Waals surface area contributed by atoms with Gasteiger partial charge in [0.05, 0.1) is 6.42 Å². The Morgan fingerprint density at radius 3 is 2.18 bits per heavy atom. The SMILES string of the molecule is CCOC(CC(=O)c1ccc(Br)cc1)OCC. The second kappa shape index (κ2) is 7.58. The van der Waals surface area contributed by atoms with Crippen molar-refractivity contribution in [3.8, 4) is 0 Å². The molecule has 4 heteroatoms. The van der Waals surface area contributed by atoms with Gasteiger partial charge in [0.15, 0.2) is 12.1 Å². The number of halogens is 1. The molecule has 94 valence electrons. The van der Waals surface area contributed by atoms with Crippen molar-refractivity contribution in [2.45, 2.75) is 26.6 Å². The van der Waals surface area contributed by atoms with Crippen LogP contribution in [0.2, 0.25) is 0 Å². The van der Waals surface area contributed by atoms with E-state index >= 15 is 0 Å². The van der Waals surface area contributed by atoms with Crippen molar-refractivity contribution in [3.05, 3.63) is 34.3 Å². The molecular formula is C13H17BrO3. The quantitative estimate of drug-likeness (QED) is 0.572. The van der Waals surface area contributed by atoms with Crippen molar-refractivity contribution in [1.29, 1.82) is 0 Å². The van der Waals surface area contributed by atoms with Crippen LogP contribution in [0.3, 0.4) is 0 Å². The molecule has 17 heavy (non-hydrogen) atoms. The summed E-state index contributed by atoms with van der Waals surface area (Å²) in [5.41, 5.74) is 0.678. The summed E-state index contributed by atoms with van der Waals surface area (Å²) < 4.78 is 11.7. The molecule has 0 heterocycles. The van der Waals surface area contributed by atoms with Gasteiger partial charge in [0.1, 0.15) is 0 Å². The zero-order valence-corrected chi connectivity index (χ0v) is 11.7. The topological polar surface area (TPSA) is 35.5 Å². The van der Waals surface area contributed by atoms with E-state index in [0.29, 0.717) is 18.8 Å². The summed E-state index contributed by atoms with van der Waals surface area (Å²) in [4.78, 5) is 11.9. The first-order chi connectivity index (χ1) is 8.17. The van der Waals surface area contributed by atoms with Crippen LogP contribution in [0.25, 0.3) is 0 Å². The van der Waals surface area contributed by atoms with Crippen LogP contribution >= 0.6 is 15.9 Å². The molecule has 0 saturated heterocycles. The van der Waals surface area contributed by atoms with E-state index in [4.69, 9.17) is 9.47 Å². The average Bonchev–Trinajstić information content (AvgIpc) is 2.30. The maximum Gasteiger partial charge on any atom is 0.167 e. The van der Waals surface area contributed by atoms with E-state index in [1.165, 1.54) is 0 Å². The molecule has 0 radical (unpaired) electrons. The number of benzene rings is 1.